The summed E-state index contributed by atoms with van der Waals surface area (Å²) in [6.45, 7) is 12.4. The van der Waals surface area contributed by atoms with Crippen molar-refractivity contribution in [1.29, 1.82) is 5.26 Å². The maximum Gasteiger partial charge on any atom is 0.338 e. The number of carbonyl (C=O) groups excluding carboxylic acids is 1. The van der Waals surface area contributed by atoms with Gasteiger partial charge in [0.05, 0.1) is 24.3 Å². The van der Waals surface area contributed by atoms with Crippen molar-refractivity contribution in [2.45, 2.75) is 45.3 Å². The lowest BCUT2D eigenvalue weighted by atomic mass is 9.83. The third-order valence-corrected chi connectivity index (χ3v) is 7.47. The van der Waals surface area contributed by atoms with Crippen LogP contribution in [0.15, 0.2) is 30.3 Å². The molecule has 2 aromatic rings. The summed E-state index contributed by atoms with van der Waals surface area (Å²) in [5, 5.41) is 20.1. The minimum atomic E-state index is -0.556. The molecule has 0 saturated carbocycles. The molecular weight excluding hydrogens is 442 g/mol. The first-order valence-corrected chi connectivity index (χ1v) is 12.2. The normalized spacial score (nSPS) is 17.5. The lowest BCUT2D eigenvalue weighted by Crippen LogP contribution is -2.50. The third-order valence-electron chi connectivity index (χ3n) is 7.47. The number of carbonyl (C=O) groups is 1. The number of methoxy groups -OCH3 is 1. The number of ether oxygens (including phenoxy) is 2. The fourth-order valence-corrected chi connectivity index (χ4v) is 5.21. The fraction of sp³-hybridized carbons (Fsp3) is 0.500. The van der Waals surface area contributed by atoms with Crippen molar-refractivity contribution in [3.8, 4) is 11.8 Å². The molecule has 0 radical (unpaired) electrons. The van der Waals surface area contributed by atoms with Gasteiger partial charge < -0.3 is 19.5 Å². The van der Waals surface area contributed by atoms with Gasteiger partial charge in [0, 0.05) is 50.2 Å². The second kappa shape index (κ2) is 10.4. The van der Waals surface area contributed by atoms with E-state index in [1.165, 1.54) is 0 Å². The Hall–Kier alpha value is -2.92. The number of aliphatic hydroxyl groups excluding tert-OH is 1. The number of aliphatic hydroxyl groups is 1. The van der Waals surface area contributed by atoms with Crippen LogP contribution < -0.4 is 4.74 Å². The van der Waals surface area contributed by atoms with E-state index in [0.717, 1.165) is 61.5 Å². The number of fused-ring (bicyclic) bond motifs is 1. The molecule has 1 fully saturated rings. The third kappa shape index (κ3) is 5.35. The second-order valence-corrected chi connectivity index (χ2v) is 10.2. The number of benzene rings is 2. The zero-order valence-corrected chi connectivity index (χ0v) is 21.1. The molecule has 2 aliphatic heterocycles. The summed E-state index contributed by atoms with van der Waals surface area (Å²) in [4.78, 5) is 16.7. The Morgan fingerprint density at radius 3 is 2.57 bits per heavy atom. The molecule has 0 amide bonds. The summed E-state index contributed by atoms with van der Waals surface area (Å²) in [5.41, 5.74) is 5.03. The lowest BCUT2D eigenvalue weighted by Gasteiger charge is -2.39. The first-order chi connectivity index (χ1) is 16.7. The summed E-state index contributed by atoms with van der Waals surface area (Å²) in [6.07, 6.45) is 0.102. The Balaban J connectivity index is 1.29. The molecule has 1 atom stereocenters. The largest absolute Gasteiger partial charge is 0.495 e. The summed E-state index contributed by atoms with van der Waals surface area (Å²) >= 11 is 0. The van der Waals surface area contributed by atoms with Crippen molar-refractivity contribution in [3.05, 3.63) is 63.7 Å². The van der Waals surface area contributed by atoms with Gasteiger partial charge in [-0.25, -0.2) is 4.79 Å². The minimum absolute atomic E-state index is 0.0736. The number of nitrogens with zero attached hydrogens (tertiary/aromatic N) is 3. The zero-order chi connectivity index (χ0) is 25.2. The predicted octanol–water partition coefficient (Wildman–Crippen LogP) is 3.56. The Bertz CT molecular complexity index is 1130. The highest BCUT2D eigenvalue weighted by molar-refractivity contribution is 5.93. The average Bonchev–Trinajstić information content (AvgIpc) is 3.24. The molecule has 0 spiro atoms. The first-order valence-electron chi connectivity index (χ1n) is 12.2. The summed E-state index contributed by atoms with van der Waals surface area (Å²) in [7, 11) is 1.60. The van der Waals surface area contributed by atoms with Gasteiger partial charge in [-0.15, -0.1) is 0 Å². The molecule has 2 aliphatic rings. The van der Waals surface area contributed by atoms with E-state index in [-0.39, 0.29) is 11.4 Å². The van der Waals surface area contributed by atoms with Crippen molar-refractivity contribution in [2.24, 2.45) is 0 Å². The van der Waals surface area contributed by atoms with Crippen molar-refractivity contribution in [3.63, 3.8) is 0 Å². The number of rotatable bonds is 8. The highest BCUT2D eigenvalue weighted by Gasteiger charge is 2.28. The van der Waals surface area contributed by atoms with Crippen LogP contribution in [0.4, 0.5) is 0 Å². The van der Waals surface area contributed by atoms with E-state index in [9.17, 15) is 15.2 Å². The maximum atomic E-state index is 11.8. The quantitative estimate of drug-likeness (QED) is 0.582. The van der Waals surface area contributed by atoms with Crippen LogP contribution in [0, 0.1) is 18.3 Å². The molecule has 2 heterocycles. The first kappa shape index (κ1) is 25.2. The highest BCUT2D eigenvalue weighted by atomic mass is 16.5. The number of cyclic esters (lactones) is 1. The van der Waals surface area contributed by atoms with Gasteiger partial charge in [0.15, 0.2) is 0 Å². The van der Waals surface area contributed by atoms with Crippen LogP contribution in [-0.2, 0) is 16.8 Å². The van der Waals surface area contributed by atoms with E-state index >= 15 is 0 Å². The van der Waals surface area contributed by atoms with Crippen molar-refractivity contribution in [1.82, 2.24) is 9.80 Å². The molecule has 1 N–H and O–H groups in total. The SMILES string of the molecule is COc1cc(C(C)(C)CN2CCN(CCC(O)c3ccc4c(c3C)COC4=O)CC2)ccc1C#N. The number of hydrogen-bond donors (Lipinski definition) is 1. The topological polar surface area (TPSA) is 86.0 Å². The van der Waals surface area contributed by atoms with Crippen LogP contribution in [0.1, 0.15) is 64.5 Å². The molecule has 1 unspecified atom stereocenters. The van der Waals surface area contributed by atoms with E-state index in [1.807, 2.05) is 31.2 Å². The van der Waals surface area contributed by atoms with Crippen LogP contribution in [0.3, 0.4) is 0 Å². The molecule has 0 aromatic heterocycles. The Labute approximate surface area is 207 Å². The number of piperazine rings is 1. The van der Waals surface area contributed by atoms with Crippen molar-refractivity contribution >= 4 is 5.97 Å². The van der Waals surface area contributed by atoms with Gasteiger partial charge in [-0.05, 0) is 48.2 Å². The van der Waals surface area contributed by atoms with Gasteiger partial charge in [-0.1, -0.05) is 26.0 Å². The monoisotopic (exact) mass is 477 g/mol. The Kier molecular flexibility index (Phi) is 7.46. The Morgan fingerprint density at radius 2 is 1.89 bits per heavy atom. The van der Waals surface area contributed by atoms with E-state index in [1.54, 1.807) is 13.2 Å². The molecule has 4 rings (SSSR count). The van der Waals surface area contributed by atoms with E-state index < -0.39 is 6.10 Å². The van der Waals surface area contributed by atoms with Crippen LogP contribution >= 0.6 is 0 Å². The van der Waals surface area contributed by atoms with Crippen LogP contribution in [0.5, 0.6) is 5.75 Å². The molecule has 35 heavy (non-hydrogen) atoms. The molecule has 7 heteroatoms. The smallest absolute Gasteiger partial charge is 0.338 e. The predicted molar refractivity (Wildman–Crippen MR) is 133 cm³/mol. The Morgan fingerprint density at radius 1 is 1.17 bits per heavy atom. The van der Waals surface area contributed by atoms with Crippen LogP contribution in [-0.4, -0.2) is 67.3 Å². The van der Waals surface area contributed by atoms with Gasteiger partial charge in [-0.2, -0.15) is 5.26 Å². The lowest BCUT2D eigenvalue weighted by molar-refractivity contribution is 0.0535. The fourth-order valence-electron chi connectivity index (χ4n) is 5.21. The molecular formula is C28H35N3O4. The van der Waals surface area contributed by atoms with E-state index in [4.69, 9.17) is 9.47 Å². The zero-order valence-electron chi connectivity index (χ0n) is 21.1. The van der Waals surface area contributed by atoms with Crippen LogP contribution in [0.2, 0.25) is 0 Å². The second-order valence-electron chi connectivity index (χ2n) is 10.2. The summed E-state index contributed by atoms with van der Waals surface area (Å²) in [5.74, 6) is 0.350. The summed E-state index contributed by atoms with van der Waals surface area (Å²) in [6, 6.07) is 11.7. The van der Waals surface area contributed by atoms with Gasteiger partial charge in [0.25, 0.3) is 0 Å². The highest BCUT2D eigenvalue weighted by Crippen LogP contribution is 2.31. The molecule has 0 bridgehead atoms. The van der Waals surface area contributed by atoms with E-state index in [2.05, 4.69) is 29.7 Å². The molecule has 1 saturated heterocycles. The standard InChI is InChI=1S/C28H35N3O4/c1-19-22(7-8-23-24(19)17-35-27(23)33)25(32)9-10-30-11-13-31(14-12-30)18-28(2,3)21-6-5-20(16-29)26(15-21)34-4/h5-8,15,25,32H,9-14,17-18H2,1-4H3. The maximum absolute atomic E-state index is 11.8. The number of esters is 1. The van der Waals surface area contributed by atoms with Crippen molar-refractivity contribution < 1.29 is 19.4 Å². The molecule has 0 aliphatic carbocycles. The van der Waals surface area contributed by atoms with Gasteiger partial charge in [-0.3, -0.25) is 4.90 Å². The summed E-state index contributed by atoms with van der Waals surface area (Å²) < 4.78 is 10.5. The molecule has 7 nitrogen and oxygen atoms in total. The minimum Gasteiger partial charge on any atom is -0.495 e. The van der Waals surface area contributed by atoms with Crippen LogP contribution in [0.25, 0.3) is 0 Å². The molecule has 186 valence electrons. The number of hydrogen-bond acceptors (Lipinski definition) is 7. The van der Waals surface area contributed by atoms with Gasteiger partial charge in [0.2, 0.25) is 0 Å². The van der Waals surface area contributed by atoms with Crippen molar-refractivity contribution in [2.75, 3.05) is 46.4 Å². The average molecular weight is 478 g/mol. The van der Waals surface area contributed by atoms with Gasteiger partial charge >= 0.3 is 5.97 Å². The molecule has 2 aromatic carbocycles. The van der Waals surface area contributed by atoms with Gasteiger partial charge in [0.1, 0.15) is 18.4 Å². The van der Waals surface area contributed by atoms with E-state index in [0.29, 0.717) is 29.9 Å². The number of nitriles is 1.